The summed E-state index contributed by atoms with van der Waals surface area (Å²) in [5.74, 6) is -1.02. The summed E-state index contributed by atoms with van der Waals surface area (Å²) >= 11 is 7.96. The molecule has 0 spiro atoms. The zero-order valence-corrected chi connectivity index (χ0v) is 20.3. The molecule has 0 saturated carbocycles. The number of amides is 1. The number of carbonyl (C=O) groups is 2. The number of hydrogen-bond donors (Lipinski definition) is 1. The van der Waals surface area contributed by atoms with E-state index in [1.165, 1.54) is 31.0 Å². The van der Waals surface area contributed by atoms with E-state index in [1.807, 2.05) is 35.4 Å². The Labute approximate surface area is 206 Å². The van der Waals surface area contributed by atoms with Crippen molar-refractivity contribution in [3.8, 4) is 0 Å². The van der Waals surface area contributed by atoms with Crippen molar-refractivity contribution in [2.45, 2.75) is 32.4 Å². The van der Waals surface area contributed by atoms with Gasteiger partial charge in [0.2, 0.25) is 5.91 Å². The lowest BCUT2D eigenvalue weighted by Crippen LogP contribution is -2.38. The first-order chi connectivity index (χ1) is 16.4. The van der Waals surface area contributed by atoms with Gasteiger partial charge >= 0.3 is 5.97 Å². The van der Waals surface area contributed by atoms with Gasteiger partial charge in [-0.3, -0.25) is 4.79 Å². The van der Waals surface area contributed by atoms with Crippen molar-refractivity contribution in [2.24, 2.45) is 4.99 Å². The molecule has 2 aliphatic heterocycles. The summed E-state index contributed by atoms with van der Waals surface area (Å²) in [5, 5.41) is 5.91. The summed E-state index contributed by atoms with van der Waals surface area (Å²) in [6.07, 6.45) is 0.612. The average Bonchev–Trinajstić information content (AvgIpc) is 3.24. The number of nitrogens with one attached hydrogen (secondary N) is 1. The number of carbonyl (C=O) groups excluding carboxylic acids is 2. The molecule has 2 aliphatic rings. The van der Waals surface area contributed by atoms with E-state index in [-0.39, 0.29) is 24.7 Å². The molecule has 1 atom stereocenters. The first kappa shape index (κ1) is 24.0. The van der Waals surface area contributed by atoms with Crippen LogP contribution in [0.15, 0.2) is 75.9 Å². The molecule has 4 rings (SSSR count). The van der Waals surface area contributed by atoms with Gasteiger partial charge in [0.15, 0.2) is 5.17 Å². The Bertz CT molecular complexity index is 1210. The number of methoxy groups -OCH3 is 1. The van der Waals surface area contributed by atoms with Crippen molar-refractivity contribution in [1.29, 1.82) is 0 Å². The summed E-state index contributed by atoms with van der Waals surface area (Å²) in [6, 6.07) is 12.7. The van der Waals surface area contributed by atoms with Gasteiger partial charge in [-0.15, -0.1) is 0 Å². The SMILES string of the molecule is CCC1=C(C(=O)OC)C(c2ccccc2Cl)N2C(CC(=O)NCc3ccc(F)cc3)=CSC2=N1. The van der Waals surface area contributed by atoms with E-state index >= 15 is 0 Å². The molecule has 34 heavy (non-hydrogen) atoms. The highest BCUT2D eigenvalue weighted by Gasteiger charge is 2.42. The first-order valence-corrected chi connectivity index (χ1v) is 12.0. The molecule has 2 aromatic carbocycles. The quantitative estimate of drug-likeness (QED) is 0.522. The van der Waals surface area contributed by atoms with Gasteiger partial charge in [0, 0.05) is 17.3 Å². The van der Waals surface area contributed by atoms with Crippen molar-refractivity contribution < 1.29 is 18.7 Å². The van der Waals surface area contributed by atoms with Gasteiger partial charge in [-0.2, -0.15) is 0 Å². The molecule has 2 aromatic rings. The van der Waals surface area contributed by atoms with Crippen molar-refractivity contribution in [3.05, 3.63) is 92.9 Å². The van der Waals surface area contributed by atoms with Crippen LogP contribution in [0, 0.1) is 5.82 Å². The van der Waals surface area contributed by atoms with Gasteiger partial charge in [0.1, 0.15) is 5.82 Å². The van der Waals surface area contributed by atoms with Gasteiger partial charge in [-0.25, -0.2) is 14.2 Å². The third-order valence-corrected chi connectivity index (χ3v) is 6.81. The van der Waals surface area contributed by atoms with Crippen LogP contribution in [0.25, 0.3) is 0 Å². The Morgan fingerprint density at radius 1 is 1.21 bits per heavy atom. The van der Waals surface area contributed by atoms with Crippen molar-refractivity contribution in [1.82, 2.24) is 10.2 Å². The van der Waals surface area contributed by atoms with Crippen LogP contribution in [0.3, 0.4) is 0 Å². The Morgan fingerprint density at radius 2 is 1.94 bits per heavy atom. The van der Waals surface area contributed by atoms with Crippen LogP contribution in [0.5, 0.6) is 0 Å². The highest BCUT2D eigenvalue weighted by atomic mass is 35.5. The maximum absolute atomic E-state index is 13.1. The van der Waals surface area contributed by atoms with E-state index in [2.05, 4.69) is 5.32 Å². The lowest BCUT2D eigenvalue weighted by molar-refractivity contribution is -0.136. The highest BCUT2D eigenvalue weighted by Crippen LogP contribution is 2.46. The average molecular weight is 500 g/mol. The molecule has 2 heterocycles. The fourth-order valence-electron chi connectivity index (χ4n) is 3.93. The molecule has 0 saturated heterocycles. The number of hydrogen-bond acceptors (Lipinski definition) is 6. The molecule has 0 fully saturated rings. The molecule has 1 amide bonds. The summed E-state index contributed by atoms with van der Waals surface area (Å²) in [6.45, 7) is 2.21. The summed E-state index contributed by atoms with van der Waals surface area (Å²) < 4.78 is 18.2. The van der Waals surface area contributed by atoms with Crippen LogP contribution in [0.2, 0.25) is 5.02 Å². The molecule has 0 aromatic heterocycles. The largest absolute Gasteiger partial charge is 0.466 e. The second kappa shape index (κ2) is 10.4. The Kier molecular flexibility index (Phi) is 7.38. The van der Waals surface area contributed by atoms with Crippen molar-refractivity contribution >= 4 is 40.4 Å². The van der Waals surface area contributed by atoms with Gasteiger partial charge < -0.3 is 15.0 Å². The molecule has 0 aliphatic carbocycles. The van der Waals surface area contributed by atoms with Crippen LogP contribution in [-0.2, 0) is 20.9 Å². The van der Waals surface area contributed by atoms with Crippen LogP contribution >= 0.6 is 23.4 Å². The first-order valence-electron chi connectivity index (χ1n) is 10.7. The molecule has 0 radical (unpaired) electrons. The smallest absolute Gasteiger partial charge is 0.338 e. The number of nitrogens with zero attached hydrogens (tertiary/aromatic N) is 2. The third-order valence-electron chi connectivity index (χ3n) is 5.57. The van der Waals surface area contributed by atoms with Crippen molar-refractivity contribution in [3.63, 3.8) is 0 Å². The summed E-state index contributed by atoms with van der Waals surface area (Å²) in [5.41, 5.74) is 3.25. The van der Waals surface area contributed by atoms with E-state index in [0.29, 0.717) is 33.6 Å². The van der Waals surface area contributed by atoms with E-state index < -0.39 is 12.0 Å². The van der Waals surface area contributed by atoms with Gasteiger partial charge in [0.25, 0.3) is 0 Å². The second-order valence-electron chi connectivity index (χ2n) is 7.70. The summed E-state index contributed by atoms with van der Waals surface area (Å²) in [4.78, 5) is 32.2. The Balaban J connectivity index is 1.62. The minimum absolute atomic E-state index is 0.0735. The standard InChI is InChI=1S/C25H23ClFN3O3S/c1-3-20-22(24(32)33-2)23(18-6-4-5-7-19(18)26)30-17(14-34-25(30)29-20)12-21(31)28-13-15-8-10-16(27)11-9-15/h4-11,14,23H,3,12-13H2,1-2H3,(H,28,31). The molecular weight excluding hydrogens is 477 g/mol. The second-order valence-corrected chi connectivity index (χ2v) is 8.94. The van der Waals surface area contributed by atoms with Crippen LogP contribution < -0.4 is 5.32 Å². The zero-order valence-electron chi connectivity index (χ0n) is 18.7. The predicted molar refractivity (Wildman–Crippen MR) is 131 cm³/mol. The predicted octanol–water partition coefficient (Wildman–Crippen LogP) is 5.32. The number of ether oxygens (including phenoxy) is 1. The number of esters is 1. The number of thioether (sulfide) groups is 1. The van der Waals surface area contributed by atoms with E-state index in [1.54, 1.807) is 18.2 Å². The molecule has 6 nitrogen and oxygen atoms in total. The molecule has 0 bridgehead atoms. The molecule has 1 unspecified atom stereocenters. The van der Waals surface area contributed by atoms with E-state index in [4.69, 9.17) is 21.3 Å². The Hall–Kier alpha value is -3.10. The topological polar surface area (TPSA) is 71.0 Å². The monoisotopic (exact) mass is 499 g/mol. The van der Waals surface area contributed by atoms with Gasteiger partial charge in [0.05, 0.1) is 30.8 Å². The fraction of sp³-hybridized carbons (Fsp3) is 0.240. The lowest BCUT2D eigenvalue weighted by atomic mass is 9.93. The highest BCUT2D eigenvalue weighted by molar-refractivity contribution is 8.16. The van der Waals surface area contributed by atoms with Crippen molar-refractivity contribution in [2.75, 3.05) is 7.11 Å². The van der Waals surface area contributed by atoms with E-state index in [0.717, 1.165) is 11.1 Å². The van der Waals surface area contributed by atoms with Crippen LogP contribution in [0.4, 0.5) is 4.39 Å². The minimum atomic E-state index is -0.574. The summed E-state index contributed by atoms with van der Waals surface area (Å²) in [7, 11) is 1.34. The fourth-order valence-corrected chi connectivity index (χ4v) is 5.11. The van der Waals surface area contributed by atoms with Gasteiger partial charge in [-0.1, -0.05) is 60.6 Å². The number of halogens is 2. The Morgan fingerprint density at radius 3 is 2.62 bits per heavy atom. The maximum atomic E-state index is 13.1. The van der Waals surface area contributed by atoms with Gasteiger partial charge in [-0.05, 0) is 41.2 Å². The number of rotatable bonds is 7. The number of benzene rings is 2. The van der Waals surface area contributed by atoms with E-state index in [9.17, 15) is 14.0 Å². The maximum Gasteiger partial charge on any atom is 0.338 e. The molecule has 1 N–H and O–H groups in total. The molecule has 176 valence electrons. The molecular formula is C25H23ClFN3O3S. The number of aliphatic imine (C=N–C) groups is 1. The number of amidine groups is 1. The van der Waals surface area contributed by atoms with Crippen LogP contribution in [0.1, 0.15) is 36.9 Å². The zero-order chi connectivity index (χ0) is 24.2. The minimum Gasteiger partial charge on any atom is -0.466 e. The third kappa shape index (κ3) is 4.88. The number of fused-ring (bicyclic) bond motifs is 1. The number of allylic oxidation sites excluding steroid dienone is 1. The van der Waals surface area contributed by atoms with Crippen LogP contribution in [-0.4, -0.2) is 29.1 Å². The molecule has 9 heteroatoms. The lowest BCUT2D eigenvalue weighted by Gasteiger charge is -2.36. The normalized spacial score (nSPS) is 17.2.